The third kappa shape index (κ3) is 3.99. The Hall–Kier alpha value is -1.11. The second-order valence-electron chi connectivity index (χ2n) is 3.65. The highest BCUT2D eigenvalue weighted by molar-refractivity contribution is 7.89. The molecule has 1 atom stereocenters. The second kappa shape index (κ2) is 6.00. The Morgan fingerprint density at radius 2 is 2.06 bits per heavy atom. The molecule has 5 nitrogen and oxygen atoms in total. The van der Waals surface area contributed by atoms with Crippen LogP contribution in [0.3, 0.4) is 0 Å². The van der Waals surface area contributed by atoms with Gasteiger partial charge in [0.1, 0.15) is 10.6 Å². The molecule has 6 heteroatoms. The van der Waals surface area contributed by atoms with E-state index in [9.17, 15) is 13.5 Å². The quantitative estimate of drug-likeness (QED) is 0.802. The molecule has 0 saturated carbocycles. The molecule has 1 aromatic rings. The Labute approximate surface area is 101 Å². The van der Waals surface area contributed by atoms with E-state index in [4.69, 9.17) is 4.74 Å². The maximum Gasteiger partial charge on any atom is 0.244 e. The molecule has 17 heavy (non-hydrogen) atoms. The Balaban J connectivity index is 2.79. The fourth-order valence-electron chi connectivity index (χ4n) is 1.34. The number of aromatic hydroxyl groups is 1. The minimum absolute atomic E-state index is 0.122. The highest BCUT2D eigenvalue weighted by atomic mass is 32.2. The van der Waals surface area contributed by atoms with Crippen LogP contribution >= 0.6 is 0 Å². The van der Waals surface area contributed by atoms with E-state index in [0.29, 0.717) is 13.2 Å². The first-order valence-electron chi connectivity index (χ1n) is 5.35. The van der Waals surface area contributed by atoms with Crippen LogP contribution in [0.2, 0.25) is 0 Å². The van der Waals surface area contributed by atoms with Crippen LogP contribution in [0.15, 0.2) is 29.2 Å². The molecule has 1 aromatic carbocycles. The van der Waals surface area contributed by atoms with Crippen molar-refractivity contribution in [2.75, 3.05) is 13.2 Å². The van der Waals surface area contributed by atoms with E-state index in [1.165, 1.54) is 12.1 Å². The lowest BCUT2D eigenvalue weighted by Crippen LogP contribution is -2.35. The highest BCUT2D eigenvalue weighted by Gasteiger charge is 2.20. The molecule has 0 spiro atoms. The predicted octanol–water partition coefficient (Wildman–Crippen LogP) is 1.10. The minimum atomic E-state index is -3.70. The van der Waals surface area contributed by atoms with Crippen molar-refractivity contribution < 1.29 is 18.3 Å². The van der Waals surface area contributed by atoms with Crippen molar-refractivity contribution in [2.24, 2.45) is 0 Å². The Morgan fingerprint density at radius 3 is 2.65 bits per heavy atom. The van der Waals surface area contributed by atoms with Crippen molar-refractivity contribution in [3.05, 3.63) is 24.3 Å². The third-order valence-corrected chi connectivity index (χ3v) is 3.72. The van der Waals surface area contributed by atoms with Gasteiger partial charge < -0.3 is 9.84 Å². The maximum absolute atomic E-state index is 11.9. The molecular formula is C11H17NO4S. The van der Waals surface area contributed by atoms with Gasteiger partial charge in [0, 0.05) is 12.6 Å². The van der Waals surface area contributed by atoms with Gasteiger partial charge in [0.2, 0.25) is 10.0 Å². The van der Waals surface area contributed by atoms with Gasteiger partial charge in [0.25, 0.3) is 0 Å². The fraction of sp³-hybridized carbons (Fsp3) is 0.455. The van der Waals surface area contributed by atoms with Gasteiger partial charge in [-0.1, -0.05) is 12.1 Å². The largest absolute Gasteiger partial charge is 0.507 e. The summed E-state index contributed by atoms with van der Waals surface area (Å²) >= 11 is 0. The van der Waals surface area contributed by atoms with Crippen LogP contribution in [-0.4, -0.2) is 32.8 Å². The van der Waals surface area contributed by atoms with Crippen molar-refractivity contribution in [1.82, 2.24) is 4.72 Å². The van der Waals surface area contributed by atoms with E-state index < -0.39 is 10.0 Å². The van der Waals surface area contributed by atoms with Crippen molar-refractivity contribution in [3.8, 4) is 5.75 Å². The van der Waals surface area contributed by atoms with E-state index in [2.05, 4.69) is 4.72 Å². The number of phenolic OH excluding ortho intramolecular Hbond substituents is 1. The summed E-state index contributed by atoms with van der Waals surface area (Å²) in [6.07, 6.45) is 0. The molecule has 0 amide bonds. The molecule has 1 rings (SSSR count). The van der Waals surface area contributed by atoms with Crippen LogP contribution < -0.4 is 4.72 Å². The molecular weight excluding hydrogens is 242 g/mol. The zero-order valence-corrected chi connectivity index (χ0v) is 10.7. The number of nitrogens with one attached hydrogen (secondary N) is 1. The number of benzene rings is 1. The summed E-state index contributed by atoms with van der Waals surface area (Å²) in [5, 5.41) is 9.48. The van der Waals surface area contributed by atoms with Crippen LogP contribution in [0.25, 0.3) is 0 Å². The number of phenols is 1. The normalized spacial score (nSPS) is 13.5. The molecule has 0 bridgehead atoms. The molecule has 0 aliphatic carbocycles. The van der Waals surface area contributed by atoms with E-state index in [1.54, 1.807) is 19.1 Å². The topological polar surface area (TPSA) is 75.6 Å². The minimum Gasteiger partial charge on any atom is -0.507 e. The third-order valence-electron chi connectivity index (χ3n) is 2.08. The summed E-state index contributed by atoms with van der Waals surface area (Å²) in [5.41, 5.74) is 0. The van der Waals surface area contributed by atoms with Crippen LogP contribution in [-0.2, 0) is 14.8 Å². The number of rotatable bonds is 6. The molecule has 0 aromatic heterocycles. The molecule has 0 aliphatic heterocycles. The molecule has 96 valence electrons. The van der Waals surface area contributed by atoms with E-state index in [-0.39, 0.29) is 16.7 Å². The molecule has 0 fully saturated rings. The van der Waals surface area contributed by atoms with Crippen LogP contribution in [0.4, 0.5) is 0 Å². The molecule has 0 aliphatic rings. The van der Waals surface area contributed by atoms with Gasteiger partial charge in [0.15, 0.2) is 0 Å². The standard InChI is InChI=1S/C11H17NO4S/c1-3-16-8-9(2)12-17(14,15)11-7-5-4-6-10(11)13/h4-7,9,12-13H,3,8H2,1-2H3. The van der Waals surface area contributed by atoms with Gasteiger partial charge in [-0.3, -0.25) is 0 Å². The molecule has 0 heterocycles. The number of hydrogen-bond donors (Lipinski definition) is 2. The zero-order valence-electron chi connectivity index (χ0n) is 9.88. The SMILES string of the molecule is CCOCC(C)NS(=O)(=O)c1ccccc1O. The van der Waals surface area contributed by atoms with Gasteiger partial charge in [0.05, 0.1) is 6.61 Å². The second-order valence-corrected chi connectivity index (χ2v) is 5.33. The van der Waals surface area contributed by atoms with Crippen molar-refractivity contribution in [2.45, 2.75) is 24.8 Å². The van der Waals surface area contributed by atoms with Gasteiger partial charge in [-0.25, -0.2) is 13.1 Å². The lowest BCUT2D eigenvalue weighted by atomic mass is 10.3. The maximum atomic E-state index is 11.9. The molecule has 2 N–H and O–H groups in total. The van der Waals surface area contributed by atoms with Crippen molar-refractivity contribution in [3.63, 3.8) is 0 Å². The van der Waals surface area contributed by atoms with Crippen molar-refractivity contribution in [1.29, 1.82) is 0 Å². The first kappa shape index (κ1) is 14.0. The number of sulfonamides is 1. The molecule has 0 radical (unpaired) electrons. The number of ether oxygens (including phenoxy) is 1. The first-order chi connectivity index (χ1) is 7.97. The summed E-state index contributed by atoms with van der Waals surface area (Å²) in [5.74, 6) is -0.261. The van der Waals surface area contributed by atoms with E-state index in [1.807, 2.05) is 6.92 Å². The number of para-hydroxylation sites is 1. The summed E-state index contributed by atoms with van der Waals surface area (Å²) < 4.78 is 31.4. The first-order valence-corrected chi connectivity index (χ1v) is 6.83. The molecule has 0 saturated heterocycles. The van der Waals surface area contributed by atoms with Gasteiger partial charge in [-0.2, -0.15) is 0 Å². The van der Waals surface area contributed by atoms with Gasteiger partial charge in [-0.15, -0.1) is 0 Å². The van der Waals surface area contributed by atoms with Crippen LogP contribution in [0, 0.1) is 0 Å². The highest BCUT2D eigenvalue weighted by Crippen LogP contribution is 2.21. The average Bonchev–Trinajstić information content (AvgIpc) is 2.26. The smallest absolute Gasteiger partial charge is 0.244 e. The Bertz CT molecular complexity index is 458. The average molecular weight is 259 g/mol. The lowest BCUT2D eigenvalue weighted by Gasteiger charge is -2.14. The van der Waals surface area contributed by atoms with Crippen LogP contribution in [0.5, 0.6) is 5.75 Å². The Morgan fingerprint density at radius 1 is 1.41 bits per heavy atom. The monoisotopic (exact) mass is 259 g/mol. The summed E-state index contributed by atoms with van der Waals surface area (Å²) in [4.78, 5) is -0.122. The van der Waals surface area contributed by atoms with Gasteiger partial charge in [-0.05, 0) is 26.0 Å². The zero-order chi connectivity index (χ0) is 12.9. The predicted molar refractivity (Wildman–Crippen MR) is 64.4 cm³/mol. The summed E-state index contributed by atoms with van der Waals surface area (Å²) in [6.45, 7) is 4.36. The number of hydrogen-bond acceptors (Lipinski definition) is 4. The Kier molecular flexibility index (Phi) is 4.92. The van der Waals surface area contributed by atoms with Crippen LogP contribution in [0.1, 0.15) is 13.8 Å². The van der Waals surface area contributed by atoms with Gasteiger partial charge >= 0.3 is 0 Å². The lowest BCUT2D eigenvalue weighted by molar-refractivity contribution is 0.133. The fourth-order valence-corrected chi connectivity index (χ4v) is 2.67. The van der Waals surface area contributed by atoms with Crippen molar-refractivity contribution >= 4 is 10.0 Å². The van der Waals surface area contributed by atoms with E-state index >= 15 is 0 Å². The summed E-state index contributed by atoms with van der Waals surface area (Å²) in [6, 6.07) is 5.46. The molecule has 1 unspecified atom stereocenters. The summed E-state index contributed by atoms with van der Waals surface area (Å²) in [7, 11) is -3.70. The van der Waals surface area contributed by atoms with E-state index in [0.717, 1.165) is 0 Å².